The fraction of sp³-hybridized carbons (Fsp3) is 0.267. The zero-order valence-corrected chi connectivity index (χ0v) is 14.3. The minimum Gasteiger partial charge on any atom is -0.451 e. The van der Waals surface area contributed by atoms with Gasteiger partial charge >= 0.3 is 5.97 Å². The quantitative estimate of drug-likeness (QED) is 0.781. The van der Waals surface area contributed by atoms with Crippen LogP contribution in [0.4, 0.5) is 5.00 Å². The molecule has 0 aromatic carbocycles. The summed E-state index contributed by atoms with van der Waals surface area (Å²) in [7, 11) is 0. The van der Waals surface area contributed by atoms with E-state index >= 15 is 0 Å². The van der Waals surface area contributed by atoms with E-state index in [0.29, 0.717) is 9.88 Å². The molecule has 0 unspecified atom stereocenters. The Kier molecular flexibility index (Phi) is 5.51. The van der Waals surface area contributed by atoms with Crippen LogP contribution < -0.4 is 11.1 Å². The van der Waals surface area contributed by atoms with Crippen LogP contribution in [0.25, 0.3) is 0 Å². The number of thiophene rings is 2. The van der Waals surface area contributed by atoms with Gasteiger partial charge in [0, 0.05) is 4.88 Å². The normalized spacial score (nSPS) is 10.3. The number of hydrogen-bond donors (Lipinski definition) is 2. The van der Waals surface area contributed by atoms with E-state index in [4.69, 9.17) is 10.5 Å². The van der Waals surface area contributed by atoms with Crippen molar-refractivity contribution in [1.82, 2.24) is 0 Å². The first kappa shape index (κ1) is 17.2. The van der Waals surface area contributed by atoms with E-state index in [2.05, 4.69) is 5.32 Å². The third-order valence-corrected chi connectivity index (χ3v) is 5.02. The second-order valence-corrected chi connectivity index (χ2v) is 6.87. The van der Waals surface area contributed by atoms with Crippen LogP contribution in [-0.2, 0) is 16.0 Å². The van der Waals surface area contributed by atoms with Gasteiger partial charge in [-0.05, 0) is 36.4 Å². The number of nitrogens with one attached hydrogen (secondary N) is 1. The minimum absolute atomic E-state index is 0.233. The van der Waals surface area contributed by atoms with Crippen LogP contribution in [0.2, 0.25) is 0 Å². The SMILES string of the molecule is CCc1cc(C(=O)OCC(=O)Nc2sccc2C(N)=O)sc1C. The van der Waals surface area contributed by atoms with Crippen LogP contribution in [0.1, 0.15) is 37.4 Å². The molecule has 23 heavy (non-hydrogen) atoms. The van der Waals surface area contributed by atoms with Gasteiger partial charge in [-0.3, -0.25) is 9.59 Å². The lowest BCUT2D eigenvalue weighted by Crippen LogP contribution is -2.22. The van der Waals surface area contributed by atoms with Crippen LogP contribution in [0, 0.1) is 6.92 Å². The first-order valence-electron chi connectivity index (χ1n) is 6.86. The van der Waals surface area contributed by atoms with Gasteiger partial charge in [-0.25, -0.2) is 4.79 Å². The molecule has 0 aliphatic heterocycles. The van der Waals surface area contributed by atoms with Crippen LogP contribution >= 0.6 is 22.7 Å². The molecule has 122 valence electrons. The van der Waals surface area contributed by atoms with Crippen molar-refractivity contribution in [1.29, 1.82) is 0 Å². The third kappa shape index (κ3) is 4.17. The van der Waals surface area contributed by atoms with E-state index in [-0.39, 0.29) is 5.56 Å². The Labute approximate surface area is 141 Å². The van der Waals surface area contributed by atoms with Gasteiger partial charge in [-0.2, -0.15) is 0 Å². The Bertz CT molecular complexity index is 748. The summed E-state index contributed by atoms with van der Waals surface area (Å²) >= 11 is 2.52. The topological polar surface area (TPSA) is 98.5 Å². The van der Waals surface area contributed by atoms with Crippen LogP contribution in [0.5, 0.6) is 0 Å². The first-order chi connectivity index (χ1) is 10.9. The number of esters is 1. The number of carbonyl (C=O) groups excluding carboxylic acids is 3. The molecule has 2 aromatic heterocycles. The third-order valence-electron chi connectivity index (χ3n) is 3.12. The Balaban J connectivity index is 1.92. The Hall–Kier alpha value is -2.19. The molecule has 0 aliphatic carbocycles. The van der Waals surface area contributed by atoms with Crippen molar-refractivity contribution >= 4 is 45.5 Å². The van der Waals surface area contributed by atoms with Gasteiger partial charge < -0.3 is 15.8 Å². The summed E-state index contributed by atoms with van der Waals surface area (Å²) < 4.78 is 5.00. The molecule has 0 aliphatic rings. The van der Waals surface area contributed by atoms with E-state index in [1.165, 1.54) is 28.7 Å². The standard InChI is InChI=1S/C15H16N2O4S2/c1-3-9-6-11(23-8(9)2)15(20)21-7-12(18)17-14-10(13(16)19)4-5-22-14/h4-6H,3,7H2,1-2H3,(H2,16,19)(H,17,18). The number of rotatable bonds is 6. The number of hydrogen-bond acceptors (Lipinski definition) is 6. The van der Waals surface area contributed by atoms with Gasteiger partial charge in [0.1, 0.15) is 9.88 Å². The number of anilines is 1. The van der Waals surface area contributed by atoms with Gasteiger partial charge in [-0.15, -0.1) is 22.7 Å². The highest BCUT2D eigenvalue weighted by Gasteiger charge is 2.16. The lowest BCUT2D eigenvalue weighted by Gasteiger charge is -2.05. The molecule has 6 nitrogen and oxygen atoms in total. The Morgan fingerprint density at radius 2 is 2.09 bits per heavy atom. The molecule has 2 aromatic rings. The summed E-state index contributed by atoms with van der Waals surface area (Å²) in [6.45, 7) is 3.53. The summed E-state index contributed by atoms with van der Waals surface area (Å²) in [5, 5.41) is 4.50. The van der Waals surface area contributed by atoms with E-state index in [0.717, 1.165) is 16.9 Å². The highest BCUT2D eigenvalue weighted by Crippen LogP contribution is 2.24. The zero-order valence-electron chi connectivity index (χ0n) is 12.7. The monoisotopic (exact) mass is 352 g/mol. The smallest absolute Gasteiger partial charge is 0.348 e. The second-order valence-electron chi connectivity index (χ2n) is 4.70. The van der Waals surface area contributed by atoms with E-state index in [9.17, 15) is 14.4 Å². The molecule has 0 saturated carbocycles. The molecule has 0 spiro atoms. The maximum atomic E-state index is 11.9. The first-order valence-corrected chi connectivity index (χ1v) is 8.55. The van der Waals surface area contributed by atoms with Gasteiger partial charge in [-0.1, -0.05) is 6.92 Å². The van der Waals surface area contributed by atoms with Crippen molar-refractivity contribution in [3.8, 4) is 0 Å². The van der Waals surface area contributed by atoms with E-state index < -0.39 is 24.4 Å². The molecule has 0 fully saturated rings. The van der Waals surface area contributed by atoms with Crippen molar-refractivity contribution in [2.75, 3.05) is 11.9 Å². The molecule has 0 bridgehead atoms. The summed E-state index contributed by atoms with van der Waals surface area (Å²) in [6, 6.07) is 3.31. The lowest BCUT2D eigenvalue weighted by atomic mass is 10.2. The van der Waals surface area contributed by atoms with Crippen molar-refractivity contribution in [2.45, 2.75) is 20.3 Å². The number of carbonyl (C=O) groups is 3. The van der Waals surface area contributed by atoms with Gasteiger partial charge in [0.2, 0.25) is 0 Å². The number of ether oxygens (including phenoxy) is 1. The maximum absolute atomic E-state index is 11.9. The highest BCUT2D eigenvalue weighted by atomic mass is 32.1. The van der Waals surface area contributed by atoms with Crippen molar-refractivity contribution in [3.63, 3.8) is 0 Å². The summed E-state index contributed by atoms with van der Waals surface area (Å²) in [6.07, 6.45) is 0.838. The molecule has 0 atom stereocenters. The number of primary amides is 1. The molecule has 0 radical (unpaired) electrons. The predicted octanol–water partition coefficient (Wildman–Crippen LogP) is 2.57. The molecule has 2 amide bonds. The van der Waals surface area contributed by atoms with Crippen LogP contribution in [-0.4, -0.2) is 24.4 Å². The van der Waals surface area contributed by atoms with E-state index in [1.807, 2.05) is 13.8 Å². The van der Waals surface area contributed by atoms with Crippen molar-refractivity contribution in [2.24, 2.45) is 5.73 Å². The fourth-order valence-corrected chi connectivity index (χ4v) is 3.75. The van der Waals surface area contributed by atoms with Gasteiger partial charge in [0.25, 0.3) is 11.8 Å². The average Bonchev–Trinajstić information content (AvgIpc) is 3.11. The number of aryl methyl sites for hydroxylation is 2. The second kappa shape index (κ2) is 7.38. The number of nitrogens with two attached hydrogens (primary N) is 1. The van der Waals surface area contributed by atoms with Crippen molar-refractivity contribution in [3.05, 3.63) is 38.4 Å². The summed E-state index contributed by atoms with van der Waals surface area (Å²) in [5.74, 6) is -1.68. The molecule has 8 heteroatoms. The molecule has 0 saturated heterocycles. The molecule has 2 heterocycles. The average molecular weight is 352 g/mol. The molecular formula is C15H16N2O4S2. The van der Waals surface area contributed by atoms with Gasteiger partial charge in [0.15, 0.2) is 6.61 Å². The zero-order chi connectivity index (χ0) is 17.0. The molecule has 3 N–H and O–H groups in total. The molecular weight excluding hydrogens is 336 g/mol. The molecule has 2 rings (SSSR count). The highest BCUT2D eigenvalue weighted by molar-refractivity contribution is 7.15. The van der Waals surface area contributed by atoms with Crippen LogP contribution in [0.3, 0.4) is 0 Å². The largest absolute Gasteiger partial charge is 0.451 e. The van der Waals surface area contributed by atoms with Gasteiger partial charge in [0.05, 0.1) is 5.56 Å². The predicted molar refractivity (Wildman–Crippen MR) is 90.2 cm³/mol. The fourth-order valence-electron chi connectivity index (χ4n) is 1.94. The minimum atomic E-state index is -0.625. The maximum Gasteiger partial charge on any atom is 0.348 e. The lowest BCUT2D eigenvalue weighted by molar-refractivity contribution is -0.119. The number of amides is 2. The Morgan fingerprint density at radius 1 is 1.35 bits per heavy atom. The van der Waals surface area contributed by atoms with Crippen molar-refractivity contribution < 1.29 is 19.1 Å². The van der Waals surface area contributed by atoms with E-state index in [1.54, 1.807) is 11.4 Å². The summed E-state index contributed by atoms with van der Waals surface area (Å²) in [5.41, 5.74) is 6.52. The Morgan fingerprint density at radius 3 is 2.70 bits per heavy atom. The van der Waals surface area contributed by atoms with Crippen LogP contribution in [0.15, 0.2) is 17.5 Å². The summed E-state index contributed by atoms with van der Waals surface area (Å²) in [4.78, 5) is 36.5.